The molecule has 2 rings (SSSR count). The third-order valence-electron chi connectivity index (χ3n) is 3.66. The van der Waals surface area contributed by atoms with E-state index in [4.69, 9.17) is 0 Å². The van der Waals surface area contributed by atoms with Gasteiger partial charge in [0, 0.05) is 0 Å². The maximum absolute atomic E-state index is 2.25. The summed E-state index contributed by atoms with van der Waals surface area (Å²) in [5.41, 5.74) is 5.60. The molecule has 0 aliphatic rings. The van der Waals surface area contributed by atoms with Crippen LogP contribution in [-0.2, 0) is 5.41 Å². The van der Waals surface area contributed by atoms with Gasteiger partial charge in [0.25, 0.3) is 0 Å². The van der Waals surface area contributed by atoms with E-state index in [1.165, 1.54) is 22.3 Å². The van der Waals surface area contributed by atoms with Gasteiger partial charge in [-0.25, -0.2) is 0 Å². The fourth-order valence-corrected chi connectivity index (χ4v) is 2.22. The average molecular weight is 313 g/mol. The molecular formula is C23H36. The molecule has 0 bridgehead atoms. The van der Waals surface area contributed by atoms with E-state index in [2.05, 4.69) is 83.1 Å². The van der Waals surface area contributed by atoms with Crippen LogP contribution in [0, 0.1) is 0 Å². The van der Waals surface area contributed by atoms with Crippen molar-refractivity contribution in [3.63, 3.8) is 0 Å². The Morgan fingerprint density at radius 3 is 1.26 bits per heavy atom. The quantitative estimate of drug-likeness (QED) is 0.530. The Kier molecular flexibility index (Phi) is 9.56. The second-order valence-corrected chi connectivity index (χ2v) is 6.60. The van der Waals surface area contributed by atoms with Gasteiger partial charge < -0.3 is 0 Å². The van der Waals surface area contributed by atoms with E-state index in [9.17, 15) is 0 Å². The summed E-state index contributed by atoms with van der Waals surface area (Å²) in [6.07, 6.45) is 0. The molecule has 0 spiro atoms. The van der Waals surface area contributed by atoms with Gasteiger partial charge in [0.05, 0.1) is 0 Å². The highest BCUT2D eigenvalue weighted by molar-refractivity contribution is 5.64. The first kappa shape index (κ1) is 21.4. The van der Waals surface area contributed by atoms with Gasteiger partial charge >= 0.3 is 0 Å². The van der Waals surface area contributed by atoms with Crippen LogP contribution in [0.5, 0.6) is 0 Å². The third kappa shape index (κ3) is 6.60. The van der Waals surface area contributed by atoms with Crippen molar-refractivity contribution in [1.82, 2.24) is 0 Å². The minimum absolute atomic E-state index is 0.222. The predicted octanol–water partition coefficient (Wildman–Crippen LogP) is 7.83. The minimum Gasteiger partial charge on any atom is -0.0683 e. The van der Waals surface area contributed by atoms with Gasteiger partial charge in [0.2, 0.25) is 0 Å². The highest BCUT2D eigenvalue weighted by Crippen LogP contribution is 2.27. The molecule has 0 amide bonds. The van der Waals surface area contributed by atoms with Crippen LogP contribution in [0.4, 0.5) is 0 Å². The van der Waals surface area contributed by atoms with E-state index in [0.29, 0.717) is 5.92 Å². The summed E-state index contributed by atoms with van der Waals surface area (Å²) >= 11 is 0. The standard InChI is InChI=1S/C19H24.2C2H6/c1-14(2)15-6-8-16(9-7-15)17-10-12-18(13-11-17)19(3,4)5;2*1-2/h6-14H,1-5H3;2*1-2H3. The lowest BCUT2D eigenvalue weighted by Gasteiger charge is -2.19. The molecule has 0 radical (unpaired) electrons. The maximum Gasteiger partial charge on any atom is -0.0132 e. The van der Waals surface area contributed by atoms with E-state index in [0.717, 1.165) is 0 Å². The first-order valence-corrected chi connectivity index (χ1v) is 9.09. The normalized spacial score (nSPS) is 10.3. The van der Waals surface area contributed by atoms with Crippen molar-refractivity contribution in [2.75, 3.05) is 0 Å². The van der Waals surface area contributed by atoms with Crippen LogP contribution >= 0.6 is 0 Å². The Morgan fingerprint density at radius 2 is 0.957 bits per heavy atom. The summed E-state index contributed by atoms with van der Waals surface area (Å²) < 4.78 is 0. The summed E-state index contributed by atoms with van der Waals surface area (Å²) in [4.78, 5) is 0. The van der Waals surface area contributed by atoms with E-state index in [1.807, 2.05) is 27.7 Å². The third-order valence-corrected chi connectivity index (χ3v) is 3.66. The SMILES string of the molecule is CC.CC.CC(C)c1ccc(-c2ccc(C(C)(C)C)cc2)cc1. The summed E-state index contributed by atoms with van der Waals surface area (Å²) in [7, 11) is 0. The molecule has 2 aromatic rings. The highest BCUT2D eigenvalue weighted by Gasteiger charge is 2.13. The van der Waals surface area contributed by atoms with Gasteiger partial charge in [-0.15, -0.1) is 0 Å². The smallest absolute Gasteiger partial charge is 0.0132 e. The average Bonchev–Trinajstić information content (AvgIpc) is 2.58. The van der Waals surface area contributed by atoms with Gasteiger partial charge in [0.15, 0.2) is 0 Å². The molecule has 0 atom stereocenters. The van der Waals surface area contributed by atoms with Crippen molar-refractivity contribution in [1.29, 1.82) is 0 Å². The Balaban J connectivity index is 0.00000112. The van der Waals surface area contributed by atoms with Crippen LogP contribution in [0.1, 0.15) is 79.4 Å². The molecule has 0 heteroatoms. The molecule has 0 N–H and O–H groups in total. The second-order valence-electron chi connectivity index (χ2n) is 6.60. The summed E-state index contributed by atoms with van der Waals surface area (Å²) in [6.45, 7) is 19.2. The topological polar surface area (TPSA) is 0 Å². The van der Waals surface area contributed by atoms with Crippen LogP contribution in [0.2, 0.25) is 0 Å². The van der Waals surface area contributed by atoms with Gasteiger partial charge in [-0.2, -0.15) is 0 Å². The molecule has 0 heterocycles. The van der Waals surface area contributed by atoms with Gasteiger partial charge in [-0.05, 0) is 33.6 Å². The number of rotatable bonds is 2. The Bertz CT molecular complexity index is 522. The number of benzene rings is 2. The van der Waals surface area contributed by atoms with Crippen molar-refractivity contribution in [2.24, 2.45) is 0 Å². The molecule has 23 heavy (non-hydrogen) atoms. The molecular weight excluding hydrogens is 276 g/mol. The molecule has 128 valence electrons. The molecule has 0 saturated carbocycles. The summed E-state index contributed by atoms with van der Waals surface area (Å²) in [5.74, 6) is 0.595. The lowest BCUT2D eigenvalue weighted by molar-refractivity contribution is 0.590. The first-order chi connectivity index (χ1) is 10.9. The predicted molar refractivity (Wildman–Crippen MR) is 107 cm³/mol. The Morgan fingerprint density at radius 1 is 0.609 bits per heavy atom. The maximum atomic E-state index is 2.25. The fraction of sp³-hybridized carbons (Fsp3) is 0.478. The van der Waals surface area contributed by atoms with E-state index in [1.54, 1.807) is 0 Å². The second kappa shape index (κ2) is 10.3. The zero-order chi connectivity index (χ0) is 18.0. The Labute approximate surface area is 145 Å². The molecule has 0 fully saturated rings. The number of hydrogen-bond donors (Lipinski definition) is 0. The zero-order valence-electron chi connectivity index (χ0n) is 16.7. The fourth-order valence-electron chi connectivity index (χ4n) is 2.22. The van der Waals surface area contributed by atoms with Crippen LogP contribution in [0.15, 0.2) is 48.5 Å². The van der Waals surface area contributed by atoms with Crippen LogP contribution in [0.25, 0.3) is 11.1 Å². The molecule has 0 nitrogen and oxygen atoms in total. The summed E-state index contributed by atoms with van der Waals surface area (Å²) in [5, 5.41) is 0. The van der Waals surface area contributed by atoms with E-state index in [-0.39, 0.29) is 5.41 Å². The van der Waals surface area contributed by atoms with Crippen LogP contribution in [-0.4, -0.2) is 0 Å². The zero-order valence-corrected chi connectivity index (χ0v) is 16.7. The largest absolute Gasteiger partial charge is 0.0683 e. The molecule has 0 aliphatic carbocycles. The molecule has 2 aromatic carbocycles. The molecule has 0 saturated heterocycles. The lowest BCUT2D eigenvalue weighted by atomic mass is 9.86. The molecule has 0 unspecified atom stereocenters. The van der Waals surface area contributed by atoms with Gasteiger partial charge in [-0.1, -0.05) is 111 Å². The first-order valence-electron chi connectivity index (χ1n) is 9.09. The van der Waals surface area contributed by atoms with Gasteiger partial charge in [-0.3, -0.25) is 0 Å². The van der Waals surface area contributed by atoms with Crippen LogP contribution < -0.4 is 0 Å². The lowest BCUT2D eigenvalue weighted by Crippen LogP contribution is -2.10. The minimum atomic E-state index is 0.222. The molecule has 0 aromatic heterocycles. The van der Waals surface area contributed by atoms with Crippen molar-refractivity contribution in [3.8, 4) is 11.1 Å². The monoisotopic (exact) mass is 312 g/mol. The van der Waals surface area contributed by atoms with Crippen molar-refractivity contribution >= 4 is 0 Å². The number of hydrogen-bond acceptors (Lipinski definition) is 0. The Hall–Kier alpha value is -1.56. The van der Waals surface area contributed by atoms with E-state index < -0.39 is 0 Å². The highest BCUT2D eigenvalue weighted by atomic mass is 14.2. The molecule has 0 aliphatic heterocycles. The van der Waals surface area contributed by atoms with Crippen molar-refractivity contribution in [2.45, 2.75) is 73.6 Å². The van der Waals surface area contributed by atoms with Crippen LogP contribution in [0.3, 0.4) is 0 Å². The van der Waals surface area contributed by atoms with Crippen molar-refractivity contribution in [3.05, 3.63) is 59.7 Å². The summed E-state index contributed by atoms with van der Waals surface area (Å²) in [6, 6.07) is 17.9. The van der Waals surface area contributed by atoms with E-state index >= 15 is 0 Å². The van der Waals surface area contributed by atoms with Crippen molar-refractivity contribution < 1.29 is 0 Å². The van der Waals surface area contributed by atoms with Gasteiger partial charge in [0.1, 0.15) is 0 Å².